The molecule has 26 heavy (non-hydrogen) atoms. The summed E-state index contributed by atoms with van der Waals surface area (Å²) in [6.45, 7) is 3.07. The first-order valence-corrected chi connectivity index (χ1v) is 9.36. The number of aromatic amines is 1. The third-order valence-corrected chi connectivity index (χ3v) is 5.99. The van der Waals surface area contributed by atoms with Gasteiger partial charge in [0.25, 0.3) is 11.8 Å². The maximum absolute atomic E-state index is 12.4. The minimum Gasteiger partial charge on any atom is -0.352 e. The van der Waals surface area contributed by atoms with Crippen molar-refractivity contribution in [3.05, 3.63) is 32.5 Å². The number of halogens is 2. The molecule has 1 fully saturated rings. The SMILES string of the molecule is CONC(=O)c1cnc(N2CC[C@H](NC(=O)c3[nH]c(C)c(Cl)c3Cl)C2)s1. The standard InChI is InChI=1S/C15H17Cl2N5O3S/c1-7-10(16)11(17)12(19-7)14(24)20-8-3-4-22(6-8)15-18-5-9(26-15)13(23)21-25-2/h5,8,19H,3-4,6H2,1-2H3,(H,20,24)(H,21,23)/t8-/m0/s1. The van der Waals surface area contributed by atoms with Crippen LogP contribution in [0, 0.1) is 6.92 Å². The third kappa shape index (κ3) is 3.80. The molecule has 8 nitrogen and oxygen atoms in total. The van der Waals surface area contributed by atoms with E-state index in [1.165, 1.54) is 24.6 Å². The molecular formula is C15H17Cl2N5O3S. The van der Waals surface area contributed by atoms with Gasteiger partial charge in [0.1, 0.15) is 10.6 Å². The molecule has 0 aliphatic carbocycles. The number of hydrogen-bond acceptors (Lipinski definition) is 6. The van der Waals surface area contributed by atoms with E-state index in [0.29, 0.717) is 22.1 Å². The molecule has 3 heterocycles. The summed E-state index contributed by atoms with van der Waals surface area (Å²) in [7, 11) is 1.37. The van der Waals surface area contributed by atoms with Crippen LogP contribution in [0.4, 0.5) is 5.13 Å². The Hall–Kier alpha value is -1.81. The van der Waals surface area contributed by atoms with Crippen LogP contribution in [0.2, 0.25) is 10.0 Å². The number of nitrogens with one attached hydrogen (secondary N) is 3. The van der Waals surface area contributed by atoms with Crippen molar-refractivity contribution < 1.29 is 14.4 Å². The summed E-state index contributed by atoms with van der Waals surface area (Å²) in [4.78, 5) is 38.4. The highest BCUT2D eigenvalue weighted by Gasteiger charge is 2.28. The molecule has 1 saturated heterocycles. The molecule has 0 bridgehead atoms. The van der Waals surface area contributed by atoms with Gasteiger partial charge in [0.2, 0.25) is 0 Å². The Morgan fingerprint density at radius 3 is 2.81 bits per heavy atom. The fraction of sp³-hybridized carbons (Fsp3) is 0.400. The lowest BCUT2D eigenvalue weighted by Crippen LogP contribution is -2.37. The smallest absolute Gasteiger partial charge is 0.286 e. The number of nitrogens with zero attached hydrogens (tertiary/aromatic N) is 2. The van der Waals surface area contributed by atoms with Gasteiger partial charge in [0.05, 0.1) is 23.4 Å². The zero-order valence-corrected chi connectivity index (χ0v) is 16.4. The van der Waals surface area contributed by atoms with E-state index in [0.717, 1.165) is 18.1 Å². The van der Waals surface area contributed by atoms with Crippen LogP contribution in [-0.2, 0) is 4.84 Å². The molecule has 2 amide bonds. The Labute approximate surface area is 163 Å². The quantitative estimate of drug-likeness (QED) is 0.648. The Balaban J connectivity index is 1.61. The van der Waals surface area contributed by atoms with E-state index < -0.39 is 0 Å². The normalized spacial score (nSPS) is 16.8. The van der Waals surface area contributed by atoms with Gasteiger partial charge in [0, 0.05) is 24.8 Å². The van der Waals surface area contributed by atoms with E-state index in [2.05, 4.69) is 25.6 Å². The van der Waals surface area contributed by atoms with Gasteiger partial charge in [-0.15, -0.1) is 0 Å². The van der Waals surface area contributed by atoms with Gasteiger partial charge in [-0.3, -0.25) is 14.4 Å². The molecule has 3 N–H and O–H groups in total. The molecule has 0 aromatic carbocycles. The van der Waals surface area contributed by atoms with Crippen LogP contribution in [0.5, 0.6) is 0 Å². The van der Waals surface area contributed by atoms with Crippen LogP contribution in [-0.4, -0.2) is 48.0 Å². The number of amides is 2. The van der Waals surface area contributed by atoms with Crippen molar-refractivity contribution in [3.8, 4) is 0 Å². The predicted molar refractivity (Wildman–Crippen MR) is 100 cm³/mol. The summed E-state index contributed by atoms with van der Waals surface area (Å²) < 4.78 is 0. The van der Waals surface area contributed by atoms with Crippen LogP contribution in [0.3, 0.4) is 0 Å². The molecule has 0 spiro atoms. The maximum atomic E-state index is 12.4. The summed E-state index contributed by atoms with van der Waals surface area (Å²) >= 11 is 13.4. The summed E-state index contributed by atoms with van der Waals surface area (Å²) in [5.41, 5.74) is 3.18. The molecule has 1 atom stereocenters. The number of carbonyl (C=O) groups excluding carboxylic acids is 2. The van der Waals surface area contributed by atoms with Crippen molar-refractivity contribution in [2.24, 2.45) is 0 Å². The molecule has 2 aromatic rings. The number of rotatable bonds is 5. The van der Waals surface area contributed by atoms with Gasteiger partial charge in [-0.25, -0.2) is 10.5 Å². The van der Waals surface area contributed by atoms with Gasteiger partial charge in [-0.1, -0.05) is 34.5 Å². The molecule has 2 aromatic heterocycles. The molecule has 11 heteroatoms. The minimum absolute atomic E-state index is 0.0545. The Kier molecular flexibility index (Phi) is 5.71. The topological polar surface area (TPSA) is 99.3 Å². The van der Waals surface area contributed by atoms with Crippen LogP contribution in [0.25, 0.3) is 0 Å². The average molecular weight is 418 g/mol. The first-order chi connectivity index (χ1) is 12.4. The maximum Gasteiger partial charge on any atom is 0.286 e. The second-order valence-electron chi connectivity index (χ2n) is 5.80. The van der Waals surface area contributed by atoms with E-state index >= 15 is 0 Å². The highest BCUT2D eigenvalue weighted by molar-refractivity contribution is 7.17. The van der Waals surface area contributed by atoms with Crippen LogP contribution >= 0.6 is 34.5 Å². The molecule has 1 aliphatic heterocycles. The average Bonchev–Trinajstić information content (AvgIpc) is 3.31. The van der Waals surface area contributed by atoms with Gasteiger partial charge < -0.3 is 15.2 Å². The van der Waals surface area contributed by atoms with Gasteiger partial charge >= 0.3 is 0 Å². The molecule has 0 unspecified atom stereocenters. The molecule has 3 rings (SSSR count). The molecular weight excluding hydrogens is 401 g/mol. The fourth-order valence-electron chi connectivity index (χ4n) is 2.70. The Bertz CT molecular complexity index is 837. The second-order valence-corrected chi connectivity index (χ2v) is 7.57. The lowest BCUT2D eigenvalue weighted by molar-refractivity contribution is 0.0541. The van der Waals surface area contributed by atoms with Crippen molar-refractivity contribution in [1.29, 1.82) is 0 Å². The summed E-state index contributed by atoms with van der Waals surface area (Å²) in [5.74, 6) is -0.634. The number of aryl methyl sites for hydroxylation is 1. The first-order valence-electron chi connectivity index (χ1n) is 7.79. The number of hydroxylamine groups is 1. The number of hydrogen-bond donors (Lipinski definition) is 3. The second kappa shape index (κ2) is 7.83. The lowest BCUT2D eigenvalue weighted by Gasteiger charge is -2.15. The lowest BCUT2D eigenvalue weighted by atomic mass is 10.2. The van der Waals surface area contributed by atoms with E-state index in [9.17, 15) is 9.59 Å². The fourth-order valence-corrected chi connectivity index (χ4v) is 3.95. The van der Waals surface area contributed by atoms with Crippen LogP contribution in [0.15, 0.2) is 6.20 Å². The largest absolute Gasteiger partial charge is 0.352 e. The summed E-state index contributed by atoms with van der Waals surface area (Å²) in [5, 5.41) is 4.25. The van der Waals surface area contributed by atoms with E-state index in [1.54, 1.807) is 6.92 Å². The van der Waals surface area contributed by atoms with Gasteiger partial charge in [-0.2, -0.15) is 0 Å². The monoisotopic (exact) mass is 417 g/mol. The zero-order chi connectivity index (χ0) is 18.8. The van der Waals surface area contributed by atoms with Gasteiger partial charge in [-0.05, 0) is 13.3 Å². The first kappa shape index (κ1) is 19.0. The predicted octanol–water partition coefficient (Wildman–Crippen LogP) is 2.39. The van der Waals surface area contributed by atoms with Crippen molar-refractivity contribution >= 4 is 51.5 Å². The number of anilines is 1. The number of aromatic nitrogens is 2. The van der Waals surface area contributed by atoms with Crippen LogP contribution < -0.4 is 15.7 Å². The summed E-state index contributed by atoms with van der Waals surface area (Å²) in [6.07, 6.45) is 2.26. The number of carbonyl (C=O) groups is 2. The van der Waals surface area contributed by atoms with E-state index in [1.807, 2.05) is 4.90 Å². The molecule has 1 aliphatic rings. The minimum atomic E-state index is -0.339. The molecule has 140 valence electrons. The highest BCUT2D eigenvalue weighted by atomic mass is 35.5. The van der Waals surface area contributed by atoms with Gasteiger partial charge in [0.15, 0.2) is 5.13 Å². The Morgan fingerprint density at radius 2 is 2.15 bits per heavy atom. The van der Waals surface area contributed by atoms with E-state index in [-0.39, 0.29) is 28.6 Å². The molecule has 0 saturated carbocycles. The summed E-state index contributed by atoms with van der Waals surface area (Å²) in [6, 6.07) is -0.0545. The van der Waals surface area contributed by atoms with Crippen molar-refractivity contribution in [2.75, 3.05) is 25.1 Å². The zero-order valence-electron chi connectivity index (χ0n) is 14.1. The number of H-pyrrole nitrogens is 1. The van der Waals surface area contributed by atoms with Crippen molar-refractivity contribution in [3.63, 3.8) is 0 Å². The Morgan fingerprint density at radius 1 is 1.38 bits per heavy atom. The third-order valence-electron chi connectivity index (χ3n) is 3.99. The highest BCUT2D eigenvalue weighted by Crippen LogP contribution is 2.30. The van der Waals surface area contributed by atoms with Crippen molar-refractivity contribution in [2.45, 2.75) is 19.4 Å². The van der Waals surface area contributed by atoms with Crippen LogP contribution in [0.1, 0.15) is 32.3 Å². The van der Waals surface area contributed by atoms with E-state index in [4.69, 9.17) is 23.2 Å². The number of thiazole rings is 1. The molecule has 0 radical (unpaired) electrons. The van der Waals surface area contributed by atoms with Crippen molar-refractivity contribution in [1.82, 2.24) is 20.8 Å².